The molecule has 0 bridgehead atoms. The van der Waals surface area contributed by atoms with Crippen LogP contribution in [0.1, 0.15) is 26.2 Å². The van der Waals surface area contributed by atoms with E-state index in [4.69, 9.17) is 0 Å². The summed E-state index contributed by atoms with van der Waals surface area (Å²) in [6.07, 6.45) is 3.59. The van der Waals surface area contributed by atoms with Gasteiger partial charge in [0.15, 0.2) is 6.54 Å². The van der Waals surface area contributed by atoms with E-state index in [0.717, 1.165) is 6.54 Å². The van der Waals surface area contributed by atoms with Gasteiger partial charge in [0.25, 0.3) is 11.7 Å². The molecule has 116 valence electrons. The number of hydrogen-bond donors (Lipinski definition) is 2. The number of amides is 1. The lowest BCUT2D eigenvalue weighted by Gasteiger charge is -2.29. The fourth-order valence-electron chi connectivity index (χ4n) is 2.65. The number of thioether (sulfide) groups is 1. The van der Waals surface area contributed by atoms with Gasteiger partial charge in [-0.15, -0.1) is 0 Å². The monoisotopic (exact) mass is 315 g/mol. The lowest BCUT2D eigenvalue weighted by molar-refractivity contribution is -0.920. The van der Waals surface area contributed by atoms with Crippen molar-refractivity contribution in [2.24, 2.45) is 0 Å². The highest BCUT2D eigenvalue weighted by Crippen LogP contribution is 2.26. The summed E-state index contributed by atoms with van der Waals surface area (Å²) in [6.45, 7) is 3.69. The first-order valence-electron chi connectivity index (χ1n) is 7.24. The minimum atomic E-state index is -2.42. The van der Waals surface area contributed by atoms with Crippen LogP contribution in [0.2, 0.25) is 0 Å². The first kappa shape index (κ1) is 16.2. The first-order chi connectivity index (χ1) is 10.0. The SMILES string of the molecule is C[C@@H]1CCCC[NH+]1CC(=O)Nc1ccc(SC(F)F)cc1. The Kier molecular flexibility index (Phi) is 5.99. The quantitative estimate of drug-likeness (QED) is 0.818. The van der Waals surface area contributed by atoms with E-state index >= 15 is 0 Å². The van der Waals surface area contributed by atoms with E-state index in [1.165, 1.54) is 24.2 Å². The molecule has 3 nitrogen and oxygen atoms in total. The molecule has 1 aromatic rings. The first-order valence-corrected chi connectivity index (χ1v) is 8.12. The van der Waals surface area contributed by atoms with Crippen LogP contribution in [0.3, 0.4) is 0 Å². The number of quaternary nitrogens is 1. The zero-order valence-electron chi connectivity index (χ0n) is 12.1. The smallest absolute Gasteiger partial charge is 0.288 e. The lowest BCUT2D eigenvalue weighted by Crippen LogP contribution is -3.17. The molecule has 1 aliphatic heterocycles. The number of rotatable bonds is 5. The Labute approximate surface area is 128 Å². The lowest BCUT2D eigenvalue weighted by atomic mass is 10.0. The van der Waals surface area contributed by atoms with Crippen LogP contribution in [0.4, 0.5) is 14.5 Å². The van der Waals surface area contributed by atoms with Gasteiger partial charge in [-0.05, 0) is 50.5 Å². The molecule has 0 radical (unpaired) electrons. The predicted molar refractivity (Wildman–Crippen MR) is 80.9 cm³/mol. The number of carbonyl (C=O) groups is 1. The van der Waals surface area contributed by atoms with Gasteiger partial charge < -0.3 is 10.2 Å². The standard InChI is InChI=1S/C15H20F2N2OS/c1-11-4-2-3-9-19(11)10-14(20)18-12-5-7-13(8-6-12)21-15(16)17/h5-8,11,15H,2-4,9-10H2,1H3,(H,18,20)/p+1/t11-/m1/s1. The summed E-state index contributed by atoms with van der Waals surface area (Å²) < 4.78 is 24.4. The van der Waals surface area contributed by atoms with Gasteiger partial charge in [-0.25, -0.2) is 0 Å². The molecule has 1 aromatic carbocycles. The van der Waals surface area contributed by atoms with Crippen molar-refractivity contribution < 1.29 is 18.5 Å². The number of piperidine rings is 1. The highest BCUT2D eigenvalue weighted by Gasteiger charge is 2.24. The van der Waals surface area contributed by atoms with E-state index in [-0.39, 0.29) is 5.91 Å². The Hall–Kier alpha value is -1.14. The molecule has 1 heterocycles. The largest absolute Gasteiger partial charge is 0.325 e. The van der Waals surface area contributed by atoms with E-state index in [9.17, 15) is 13.6 Å². The van der Waals surface area contributed by atoms with Gasteiger partial charge in [0.05, 0.1) is 12.6 Å². The maximum atomic E-state index is 12.2. The van der Waals surface area contributed by atoms with Crippen molar-refractivity contribution in [3.63, 3.8) is 0 Å². The Bertz CT molecular complexity index is 467. The van der Waals surface area contributed by atoms with E-state index in [1.807, 2.05) is 0 Å². The molecule has 0 aromatic heterocycles. The number of nitrogens with one attached hydrogen (secondary N) is 2. The number of carbonyl (C=O) groups excluding carboxylic acids is 1. The van der Waals surface area contributed by atoms with Crippen LogP contribution in [0.5, 0.6) is 0 Å². The van der Waals surface area contributed by atoms with Crippen molar-refractivity contribution >= 4 is 23.4 Å². The second kappa shape index (κ2) is 7.75. The topological polar surface area (TPSA) is 33.5 Å². The third-order valence-electron chi connectivity index (χ3n) is 3.83. The van der Waals surface area contributed by atoms with Gasteiger partial charge >= 0.3 is 0 Å². The molecule has 6 heteroatoms. The molecular formula is C15H21F2N2OS+. The average Bonchev–Trinajstić information content (AvgIpc) is 2.43. The van der Waals surface area contributed by atoms with Crippen LogP contribution in [-0.2, 0) is 4.79 Å². The van der Waals surface area contributed by atoms with Crippen molar-refractivity contribution in [1.29, 1.82) is 0 Å². The van der Waals surface area contributed by atoms with Crippen LogP contribution in [0.25, 0.3) is 0 Å². The molecule has 0 aliphatic carbocycles. The fraction of sp³-hybridized carbons (Fsp3) is 0.533. The van der Waals surface area contributed by atoms with E-state index in [0.29, 0.717) is 34.9 Å². The zero-order valence-corrected chi connectivity index (χ0v) is 12.9. The van der Waals surface area contributed by atoms with Crippen LogP contribution >= 0.6 is 11.8 Å². The van der Waals surface area contributed by atoms with E-state index in [2.05, 4.69) is 12.2 Å². The molecule has 1 aliphatic rings. The minimum Gasteiger partial charge on any atom is -0.325 e. The summed E-state index contributed by atoms with van der Waals surface area (Å²) in [7, 11) is 0. The van der Waals surface area contributed by atoms with Gasteiger partial charge in [-0.3, -0.25) is 4.79 Å². The molecule has 1 saturated heterocycles. The van der Waals surface area contributed by atoms with Crippen molar-refractivity contribution in [3.8, 4) is 0 Å². The van der Waals surface area contributed by atoms with Crippen LogP contribution in [0, 0.1) is 0 Å². The van der Waals surface area contributed by atoms with Gasteiger partial charge in [-0.2, -0.15) is 8.78 Å². The molecule has 2 atom stereocenters. The van der Waals surface area contributed by atoms with Crippen LogP contribution < -0.4 is 10.2 Å². The Morgan fingerprint density at radius 3 is 2.71 bits per heavy atom. The molecular weight excluding hydrogens is 294 g/mol. The van der Waals surface area contributed by atoms with Crippen molar-refractivity contribution in [2.75, 3.05) is 18.4 Å². The van der Waals surface area contributed by atoms with Crippen molar-refractivity contribution in [2.45, 2.75) is 42.9 Å². The zero-order chi connectivity index (χ0) is 15.2. The highest BCUT2D eigenvalue weighted by atomic mass is 32.2. The third kappa shape index (κ3) is 5.28. The third-order valence-corrected chi connectivity index (χ3v) is 4.56. The Balaban J connectivity index is 1.84. The number of benzene rings is 1. The number of halogens is 2. The number of hydrogen-bond acceptors (Lipinski definition) is 2. The predicted octanol–water partition coefficient (Wildman–Crippen LogP) is 2.40. The number of anilines is 1. The summed E-state index contributed by atoms with van der Waals surface area (Å²) in [5, 5.41) is 2.83. The summed E-state index contributed by atoms with van der Waals surface area (Å²) in [5.74, 6) is -2.44. The summed E-state index contributed by atoms with van der Waals surface area (Å²) >= 11 is 0.505. The molecule has 1 unspecified atom stereocenters. The molecule has 0 spiro atoms. The van der Waals surface area contributed by atoms with Gasteiger partial charge in [0, 0.05) is 10.6 Å². The molecule has 2 rings (SSSR count). The van der Waals surface area contributed by atoms with Crippen molar-refractivity contribution in [1.82, 2.24) is 0 Å². The van der Waals surface area contributed by atoms with Crippen molar-refractivity contribution in [3.05, 3.63) is 24.3 Å². The van der Waals surface area contributed by atoms with Gasteiger partial charge in [0.1, 0.15) is 0 Å². The number of alkyl halides is 2. The molecule has 2 N–H and O–H groups in total. The highest BCUT2D eigenvalue weighted by molar-refractivity contribution is 7.99. The maximum absolute atomic E-state index is 12.2. The fourth-order valence-corrected chi connectivity index (χ4v) is 3.15. The average molecular weight is 315 g/mol. The van der Waals surface area contributed by atoms with Gasteiger partial charge in [-0.1, -0.05) is 11.8 Å². The summed E-state index contributed by atoms with van der Waals surface area (Å²) in [6, 6.07) is 7.05. The molecule has 0 saturated carbocycles. The second-order valence-electron chi connectivity index (χ2n) is 5.43. The van der Waals surface area contributed by atoms with E-state index in [1.54, 1.807) is 24.3 Å². The Morgan fingerprint density at radius 1 is 1.38 bits per heavy atom. The number of likely N-dealkylation sites (tertiary alicyclic amines) is 1. The molecule has 21 heavy (non-hydrogen) atoms. The van der Waals surface area contributed by atoms with E-state index < -0.39 is 5.76 Å². The van der Waals surface area contributed by atoms with Gasteiger partial charge in [0.2, 0.25) is 0 Å². The summed E-state index contributed by atoms with van der Waals surface area (Å²) in [5.41, 5.74) is 0.655. The maximum Gasteiger partial charge on any atom is 0.288 e. The molecule has 1 fully saturated rings. The second-order valence-corrected chi connectivity index (χ2v) is 6.50. The Morgan fingerprint density at radius 2 is 2.10 bits per heavy atom. The summed E-state index contributed by atoms with van der Waals surface area (Å²) in [4.78, 5) is 13.9. The van der Waals surface area contributed by atoms with Crippen LogP contribution in [0.15, 0.2) is 29.2 Å². The normalized spacial score (nSPS) is 22.3. The minimum absolute atomic E-state index is 0.0204. The molecule has 1 amide bonds. The van der Waals surface area contributed by atoms with Crippen LogP contribution in [-0.4, -0.2) is 30.8 Å².